The highest BCUT2D eigenvalue weighted by atomic mass is 16.5. The molecule has 0 amide bonds. The summed E-state index contributed by atoms with van der Waals surface area (Å²) in [6.07, 6.45) is 8.16. The average Bonchev–Trinajstić information content (AvgIpc) is 2.87. The van der Waals surface area contributed by atoms with Crippen LogP contribution in [0.5, 0.6) is 0 Å². The van der Waals surface area contributed by atoms with Gasteiger partial charge in [-0.2, -0.15) is 0 Å². The van der Waals surface area contributed by atoms with E-state index in [2.05, 4.69) is 4.90 Å². The van der Waals surface area contributed by atoms with Gasteiger partial charge in [0.25, 0.3) is 0 Å². The predicted octanol–water partition coefficient (Wildman–Crippen LogP) is 1.37. The second kappa shape index (κ2) is 4.28. The molecule has 0 radical (unpaired) electrons. The Morgan fingerprint density at radius 3 is 2.94 bits per heavy atom. The normalized spacial score (nSPS) is 44.8. The summed E-state index contributed by atoms with van der Waals surface area (Å²) < 4.78 is 5.46. The summed E-state index contributed by atoms with van der Waals surface area (Å²) in [5.74, 6) is 0.972. The number of ether oxygens (including phenoxy) is 1. The van der Waals surface area contributed by atoms with Gasteiger partial charge >= 0.3 is 0 Å². The maximum atomic E-state index is 6.41. The van der Waals surface area contributed by atoms with Gasteiger partial charge in [-0.05, 0) is 44.6 Å². The molecule has 16 heavy (non-hydrogen) atoms. The maximum Gasteiger partial charge on any atom is 0.0659 e. The Bertz CT molecular complexity index is 250. The van der Waals surface area contributed by atoms with Gasteiger partial charge in [0.1, 0.15) is 0 Å². The van der Waals surface area contributed by atoms with Crippen LogP contribution in [0, 0.1) is 5.92 Å². The van der Waals surface area contributed by atoms with Crippen molar-refractivity contribution in [2.24, 2.45) is 11.7 Å². The Hall–Kier alpha value is -0.120. The molecule has 3 heteroatoms. The summed E-state index contributed by atoms with van der Waals surface area (Å²) in [7, 11) is 0. The molecule has 1 saturated carbocycles. The molecule has 0 aromatic carbocycles. The van der Waals surface area contributed by atoms with E-state index in [1.807, 2.05) is 0 Å². The van der Waals surface area contributed by atoms with Gasteiger partial charge in [-0.15, -0.1) is 0 Å². The Morgan fingerprint density at radius 2 is 2.12 bits per heavy atom. The minimum Gasteiger partial charge on any atom is -0.379 e. The summed E-state index contributed by atoms with van der Waals surface area (Å²) in [5.41, 5.74) is 6.35. The summed E-state index contributed by atoms with van der Waals surface area (Å²) in [6.45, 7) is 3.95. The third-order valence-electron chi connectivity index (χ3n) is 4.76. The third-order valence-corrected chi connectivity index (χ3v) is 4.76. The highest BCUT2D eigenvalue weighted by Gasteiger charge is 2.39. The van der Waals surface area contributed by atoms with Crippen LogP contribution in [0.2, 0.25) is 0 Å². The second-order valence-corrected chi connectivity index (χ2v) is 6.04. The molecule has 3 aliphatic rings. The van der Waals surface area contributed by atoms with E-state index >= 15 is 0 Å². The molecule has 2 saturated heterocycles. The van der Waals surface area contributed by atoms with E-state index in [9.17, 15) is 0 Å². The maximum absolute atomic E-state index is 6.41. The topological polar surface area (TPSA) is 38.5 Å². The second-order valence-electron chi connectivity index (χ2n) is 6.04. The van der Waals surface area contributed by atoms with Crippen molar-refractivity contribution in [1.29, 1.82) is 0 Å². The van der Waals surface area contributed by atoms with Crippen molar-refractivity contribution in [2.75, 3.05) is 26.3 Å². The van der Waals surface area contributed by atoms with Crippen molar-refractivity contribution in [3.05, 3.63) is 0 Å². The quantitative estimate of drug-likeness (QED) is 0.770. The first-order valence-electron chi connectivity index (χ1n) is 6.88. The molecule has 3 unspecified atom stereocenters. The molecule has 0 aromatic rings. The van der Waals surface area contributed by atoms with Gasteiger partial charge in [-0.25, -0.2) is 0 Å². The van der Waals surface area contributed by atoms with Gasteiger partial charge in [0.05, 0.1) is 12.1 Å². The van der Waals surface area contributed by atoms with Crippen molar-refractivity contribution in [3.8, 4) is 0 Å². The molecule has 2 N–H and O–H groups in total. The monoisotopic (exact) mass is 224 g/mol. The smallest absolute Gasteiger partial charge is 0.0659 e. The Kier molecular flexibility index (Phi) is 2.94. The van der Waals surface area contributed by atoms with Crippen LogP contribution in [0.25, 0.3) is 0 Å². The van der Waals surface area contributed by atoms with Crippen molar-refractivity contribution in [3.63, 3.8) is 0 Å². The Balaban J connectivity index is 1.64. The first-order chi connectivity index (χ1) is 7.77. The zero-order chi connectivity index (χ0) is 11.0. The molecule has 3 nitrogen and oxygen atoms in total. The zero-order valence-electron chi connectivity index (χ0n) is 10.2. The van der Waals surface area contributed by atoms with Crippen LogP contribution in [-0.2, 0) is 4.74 Å². The number of fused-ring (bicyclic) bond motifs is 1. The number of hydrogen-bond donors (Lipinski definition) is 1. The molecule has 1 aliphatic carbocycles. The fourth-order valence-electron chi connectivity index (χ4n) is 3.91. The summed E-state index contributed by atoms with van der Waals surface area (Å²) >= 11 is 0. The molecule has 0 spiro atoms. The number of rotatable bonds is 2. The van der Waals surface area contributed by atoms with E-state index in [0.29, 0.717) is 0 Å². The predicted molar refractivity (Wildman–Crippen MR) is 64.3 cm³/mol. The summed E-state index contributed by atoms with van der Waals surface area (Å²) in [5, 5.41) is 0. The highest BCUT2D eigenvalue weighted by Crippen LogP contribution is 2.37. The van der Waals surface area contributed by atoms with Crippen molar-refractivity contribution in [1.82, 2.24) is 4.90 Å². The van der Waals surface area contributed by atoms with E-state index in [1.165, 1.54) is 38.6 Å². The lowest BCUT2D eigenvalue weighted by Crippen LogP contribution is -2.55. The molecule has 92 valence electrons. The van der Waals surface area contributed by atoms with Gasteiger partial charge in [0.2, 0.25) is 0 Å². The highest BCUT2D eigenvalue weighted by molar-refractivity contribution is 4.96. The molecule has 0 bridgehead atoms. The molecule has 3 atom stereocenters. The number of piperidine rings is 1. The van der Waals surface area contributed by atoms with E-state index in [1.54, 1.807) is 0 Å². The summed E-state index contributed by atoms with van der Waals surface area (Å²) in [6, 6.07) is 0.842. The van der Waals surface area contributed by atoms with Crippen LogP contribution < -0.4 is 5.73 Å². The number of likely N-dealkylation sites (tertiary alicyclic amines) is 1. The standard InChI is InChI=1S/C13H24N2O/c14-13(6-8-16-10-13)9-15-7-2-4-11-3-1-5-12(11)15/h11-12H,1-10,14H2. The van der Waals surface area contributed by atoms with Gasteiger partial charge < -0.3 is 10.5 Å². The molecule has 2 heterocycles. The molecular formula is C13H24N2O. The van der Waals surface area contributed by atoms with Crippen LogP contribution in [0.1, 0.15) is 38.5 Å². The van der Waals surface area contributed by atoms with E-state index in [4.69, 9.17) is 10.5 Å². The number of nitrogens with two attached hydrogens (primary N) is 1. The van der Waals surface area contributed by atoms with Crippen LogP contribution in [0.3, 0.4) is 0 Å². The van der Waals surface area contributed by atoms with Crippen LogP contribution in [0.4, 0.5) is 0 Å². The van der Waals surface area contributed by atoms with Gasteiger partial charge in [-0.1, -0.05) is 6.42 Å². The van der Waals surface area contributed by atoms with Crippen LogP contribution in [0.15, 0.2) is 0 Å². The van der Waals surface area contributed by atoms with Crippen LogP contribution in [-0.4, -0.2) is 42.8 Å². The lowest BCUT2D eigenvalue weighted by Gasteiger charge is -2.41. The van der Waals surface area contributed by atoms with E-state index in [0.717, 1.165) is 38.1 Å². The summed E-state index contributed by atoms with van der Waals surface area (Å²) in [4.78, 5) is 2.68. The van der Waals surface area contributed by atoms with Crippen molar-refractivity contribution < 1.29 is 4.74 Å². The van der Waals surface area contributed by atoms with Crippen molar-refractivity contribution in [2.45, 2.75) is 50.1 Å². The first kappa shape index (κ1) is 11.0. The van der Waals surface area contributed by atoms with Crippen LogP contribution >= 0.6 is 0 Å². The SMILES string of the molecule is NC1(CN2CCCC3CCCC32)CCOC1. The van der Waals surface area contributed by atoms with Crippen molar-refractivity contribution >= 4 is 0 Å². The lowest BCUT2D eigenvalue weighted by molar-refractivity contribution is 0.0791. The van der Waals surface area contributed by atoms with E-state index < -0.39 is 0 Å². The average molecular weight is 224 g/mol. The van der Waals surface area contributed by atoms with Gasteiger partial charge in [0.15, 0.2) is 0 Å². The largest absolute Gasteiger partial charge is 0.379 e. The molecule has 3 rings (SSSR count). The number of hydrogen-bond acceptors (Lipinski definition) is 3. The Labute approximate surface area is 98.3 Å². The molecule has 0 aromatic heterocycles. The van der Waals surface area contributed by atoms with E-state index in [-0.39, 0.29) is 5.54 Å². The third kappa shape index (κ3) is 2.01. The fourth-order valence-corrected chi connectivity index (χ4v) is 3.91. The molecular weight excluding hydrogens is 200 g/mol. The number of nitrogens with zero attached hydrogens (tertiary/aromatic N) is 1. The minimum atomic E-state index is -0.0511. The first-order valence-corrected chi connectivity index (χ1v) is 6.88. The van der Waals surface area contributed by atoms with Gasteiger partial charge in [-0.3, -0.25) is 4.90 Å². The molecule has 3 fully saturated rings. The Morgan fingerprint density at radius 1 is 1.25 bits per heavy atom. The molecule has 2 aliphatic heterocycles. The zero-order valence-corrected chi connectivity index (χ0v) is 10.2. The van der Waals surface area contributed by atoms with Gasteiger partial charge in [0, 0.05) is 19.2 Å². The fraction of sp³-hybridized carbons (Fsp3) is 1.00. The minimum absolute atomic E-state index is 0.0511. The lowest BCUT2D eigenvalue weighted by atomic mass is 9.89.